The molecule has 4 rings (SSSR count). The van der Waals surface area contributed by atoms with Gasteiger partial charge >= 0.3 is 0 Å². The highest BCUT2D eigenvalue weighted by Crippen LogP contribution is 2.34. The molecule has 0 aliphatic carbocycles. The normalized spacial score (nSPS) is 17.0. The minimum absolute atomic E-state index is 0.0308. The molecule has 2 heterocycles. The fourth-order valence-electron chi connectivity index (χ4n) is 4.85. The largest absolute Gasteiger partial charge is 0.309 e. The fraction of sp³-hybridized carbons (Fsp3) is 0.481. The molecule has 1 atom stereocenters. The molecule has 0 spiro atoms. The lowest BCUT2D eigenvalue weighted by molar-refractivity contribution is 0.0986. The standard InChI is InChI=1S/C27H35ClN4O3S2/c1-5-22-9-6-7-16-32(22)37(34,35)23-12-10-20(11-13-23)26(33)31(15-8-14-30(3)4)27-29-25-19(2)17-21(28)18-24(25)36-27/h10-13,17-18,22H,5-9,14-16H2,1-4H3. The number of sulfonamides is 1. The van der Waals surface area contributed by atoms with Gasteiger partial charge in [-0.15, -0.1) is 0 Å². The molecule has 1 amide bonds. The van der Waals surface area contributed by atoms with Crippen LogP contribution in [-0.2, 0) is 10.0 Å². The molecule has 1 fully saturated rings. The van der Waals surface area contributed by atoms with Crippen LogP contribution in [0.3, 0.4) is 0 Å². The van der Waals surface area contributed by atoms with Crippen LogP contribution in [0.15, 0.2) is 41.3 Å². The number of thiazole rings is 1. The molecular formula is C27H35ClN4O3S2. The van der Waals surface area contributed by atoms with E-state index in [1.165, 1.54) is 11.3 Å². The van der Waals surface area contributed by atoms with Crippen molar-refractivity contribution < 1.29 is 13.2 Å². The van der Waals surface area contributed by atoms with Gasteiger partial charge in [0.05, 0.1) is 15.1 Å². The van der Waals surface area contributed by atoms with Crippen LogP contribution in [0, 0.1) is 6.92 Å². The van der Waals surface area contributed by atoms with Crippen molar-refractivity contribution in [2.24, 2.45) is 0 Å². The van der Waals surface area contributed by atoms with Gasteiger partial charge in [0.1, 0.15) is 0 Å². The first kappa shape index (κ1) is 28.0. The molecule has 1 aliphatic rings. The van der Waals surface area contributed by atoms with Gasteiger partial charge in [0.15, 0.2) is 5.13 Å². The first-order chi connectivity index (χ1) is 17.6. The van der Waals surface area contributed by atoms with Gasteiger partial charge in [-0.05, 0) is 95.2 Å². The maximum Gasteiger partial charge on any atom is 0.260 e. The number of carbonyl (C=O) groups excluding carboxylic acids is 1. The first-order valence-electron chi connectivity index (χ1n) is 12.8. The molecule has 0 radical (unpaired) electrons. The quantitative estimate of drug-likeness (QED) is 0.329. The van der Waals surface area contributed by atoms with Crippen LogP contribution in [-0.4, -0.2) is 68.3 Å². The van der Waals surface area contributed by atoms with Crippen LogP contribution in [0.4, 0.5) is 5.13 Å². The Morgan fingerprint density at radius 1 is 1.16 bits per heavy atom. The molecule has 1 saturated heterocycles. The average Bonchev–Trinajstić information content (AvgIpc) is 3.30. The van der Waals surface area contributed by atoms with E-state index in [1.54, 1.807) is 33.5 Å². The van der Waals surface area contributed by atoms with Gasteiger partial charge in [0.2, 0.25) is 10.0 Å². The molecule has 200 valence electrons. The number of aryl methyl sites for hydroxylation is 1. The Bertz CT molecular complexity index is 1360. The highest BCUT2D eigenvalue weighted by molar-refractivity contribution is 7.89. The molecule has 0 N–H and O–H groups in total. The van der Waals surface area contributed by atoms with Gasteiger partial charge < -0.3 is 4.90 Å². The van der Waals surface area contributed by atoms with Crippen LogP contribution in [0.1, 0.15) is 54.9 Å². The monoisotopic (exact) mass is 562 g/mol. The Hall–Kier alpha value is -2.04. The van der Waals surface area contributed by atoms with Crippen LogP contribution in [0.25, 0.3) is 10.2 Å². The van der Waals surface area contributed by atoms with E-state index in [9.17, 15) is 13.2 Å². The van der Waals surface area contributed by atoms with Crippen molar-refractivity contribution in [2.75, 3.05) is 38.6 Å². The zero-order valence-corrected chi connectivity index (χ0v) is 24.3. The number of halogens is 1. The maximum atomic E-state index is 13.7. The third kappa shape index (κ3) is 6.17. The van der Waals surface area contributed by atoms with Gasteiger partial charge in [-0.1, -0.05) is 36.3 Å². The predicted molar refractivity (Wildman–Crippen MR) is 152 cm³/mol. The smallest absolute Gasteiger partial charge is 0.260 e. The summed E-state index contributed by atoms with van der Waals surface area (Å²) in [6.07, 6.45) is 4.39. The SMILES string of the molecule is CCC1CCCCN1S(=O)(=O)c1ccc(C(=O)N(CCCN(C)C)c2nc3c(C)cc(Cl)cc3s2)cc1. The van der Waals surface area contributed by atoms with Crippen molar-refractivity contribution in [2.45, 2.75) is 56.9 Å². The number of hydrogen-bond acceptors (Lipinski definition) is 6. The molecule has 1 aliphatic heterocycles. The van der Waals surface area contributed by atoms with Gasteiger partial charge in [0.25, 0.3) is 5.91 Å². The van der Waals surface area contributed by atoms with E-state index in [-0.39, 0.29) is 16.8 Å². The Kier molecular flexibility index (Phi) is 8.91. The number of piperidine rings is 1. The number of fused-ring (bicyclic) bond motifs is 1. The van der Waals surface area contributed by atoms with Gasteiger partial charge in [-0.2, -0.15) is 4.31 Å². The minimum Gasteiger partial charge on any atom is -0.309 e. The van der Waals surface area contributed by atoms with Crippen LogP contribution in [0.2, 0.25) is 5.02 Å². The third-order valence-electron chi connectivity index (χ3n) is 6.85. The van der Waals surface area contributed by atoms with Crippen molar-refractivity contribution in [1.29, 1.82) is 0 Å². The van der Waals surface area contributed by atoms with Crippen LogP contribution >= 0.6 is 22.9 Å². The molecule has 37 heavy (non-hydrogen) atoms. The summed E-state index contributed by atoms with van der Waals surface area (Å²) in [5.74, 6) is -0.199. The molecule has 7 nitrogen and oxygen atoms in total. The molecule has 2 aromatic carbocycles. The van der Waals surface area contributed by atoms with E-state index in [0.717, 1.165) is 54.4 Å². The van der Waals surface area contributed by atoms with E-state index in [0.29, 0.717) is 28.8 Å². The number of anilines is 1. The van der Waals surface area contributed by atoms with Crippen molar-refractivity contribution in [3.63, 3.8) is 0 Å². The lowest BCUT2D eigenvalue weighted by Gasteiger charge is -2.34. The van der Waals surface area contributed by atoms with Crippen LogP contribution < -0.4 is 4.90 Å². The summed E-state index contributed by atoms with van der Waals surface area (Å²) in [5, 5.41) is 1.25. The molecular weight excluding hydrogens is 528 g/mol. The zero-order chi connectivity index (χ0) is 26.7. The molecule has 1 unspecified atom stereocenters. The zero-order valence-electron chi connectivity index (χ0n) is 21.9. The Morgan fingerprint density at radius 2 is 1.89 bits per heavy atom. The summed E-state index contributed by atoms with van der Waals surface area (Å²) in [6.45, 7) is 5.85. The molecule has 10 heteroatoms. The summed E-state index contributed by atoms with van der Waals surface area (Å²) >= 11 is 7.69. The van der Waals surface area contributed by atoms with Crippen LogP contribution in [0.5, 0.6) is 0 Å². The first-order valence-corrected chi connectivity index (χ1v) is 15.4. The number of nitrogens with zero attached hydrogens (tertiary/aromatic N) is 4. The van der Waals surface area contributed by atoms with E-state index >= 15 is 0 Å². The number of amides is 1. The summed E-state index contributed by atoms with van der Waals surface area (Å²) in [7, 11) is 0.392. The maximum absolute atomic E-state index is 13.7. The van der Waals surface area contributed by atoms with Crippen molar-refractivity contribution in [3.8, 4) is 0 Å². The second-order valence-electron chi connectivity index (χ2n) is 9.88. The summed E-state index contributed by atoms with van der Waals surface area (Å²) < 4.78 is 29.3. The lowest BCUT2D eigenvalue weighted by Crippen LogP contribution is -2.43. The van der Waals surface area contributed by atoms with E-state index < -0.39 is 10.0 Å². The Morgan fingerprint density at radius 3 is 2.57 bits per heavy atom. The Balaban J connectivity index is 1.63. The second-order valence-corrected chi connectivity index (χ2v) is 13.2. The topological polar surface area (TPSA) is 73.8 Å². The number of hydrogen-bond donors (Lipinski definition) is 0. The molecule has 3 aromatic rings. The number of carbonyl (C=O) groups is 1. The van der Waals surface area contributed by atoms with E-state index in [1.807, 2.05) is 40.1 Å². The highest BCUT2D eigenvalue weighted by atomic mass is 35.5. The summed E-state index contributed by atoms with van der Waals surface area (Å²) in [5.41, 5.74) is 2.23. The number of rotatable bonds is 9. The summed E-state index contributed by atoms with van der Waals surface area (Å²) in [4.78, 5) is 22.5. The lowest BCUT2D eigenvalue weighted by atomic mass is 10.0. The number of benzene rings is 2. The fourth-order valence-corrected chi connectivity index (χ4v) is 8.06. The summed E-state index contributed by atoms with van der Waals surface area (Å²) in [6, 6.07) is 10.1. The highest BCUT2D eigenvalue weighted by Gasteiger charge is 2.32. The van der Waals surface area contributed by atoms with Crippen molar-refractivity contribution in [3.05, 3.63) is 52.5 Å². The van der Waals surface area contributed by atoms with Crippen molar-refractivity contribution in [1.82, 2.24) is 14.2 Å². The van der Waals surface area contributed by atoms with Gasteiger partial charge in [-0.25, -0.2) is 13.4 Å². The third-order valence-corrected chi connectivity index (χ3v) is 10.1. The molecule has 0 saturated carbocycles. The van der Waals surface area contributed by atoms with Gasteiger partial charge in [-0.3, -0.25) is 9.69 Å². The average molecular weight is 563 g/mol. The Labute approximate surface area is 229 Å². The number of aromatic nitrogens is 1. The molecule has 1 aromatic heterocycles. The van der Waals surface area contributed by atoms with E-state index in [2.05, 4.69) is 4.90 Å². The predicted octanol–water partition coefficient (Wildman–Crippen LogP) is 5.81. The van der Waals surface area contributed by atoms with Gasteiger partial charge in [0, 0.05) is 29.7 Å². The minimum atomic E-state index is -3.61. The van der Waals surface area contributed by atoms with Crippen molar-refractivity contribution >= 4 is 54.2 Å². The molecule has 0 bridgehead atoms. The second kappa shape index (κ2) is 11.8. The van der Waals surface area contributed by atoms with E-state index in [4.69, 9.17) is 16.6 Å².